The number of halogens is 3. The average molecular weight is 757 g/mol. The summed E-state index contributed by atoms with van der Waals surface area (Å²) in [5.41, 5.74) is 0.628. The summed E-state index contributed by atoms with van der Waals surface area (Å²) in [4.78, 5) is 57.4. The molecule has 3 aromatic rings. The van der Waals surface area contributed by atoms with E-state index in [9.17, 15) is 24.7 Å². The summed E-state index contributed by atoms with van der Waals surface area (Å²) in [6.07, 6.45) is 2.13. The van der Waals surface area contributed by atoms with Crippen LogP contribution in [0.5, 0.6) is 11.5 Å². The molecule has 0 aromatic heterocycles. The number of hydrogen-bond acceptors (Lipinski definition) is 7. The van der Waals surface area contributed by atoms with Crippen LogP contribution in [0.2, 0.25) is 5.02 Å². The van der Waals surface area contributed by atoms with E-state index in [1.165, 1.54) is 12.0 Å². The summed E-state index contributed by atoms with van der Waals surface area (Å²) < 4.78 is 6.24. The lowest BCUT2D eigenvalue weighted by Gasteiger charge is -2.51. The Kier molecular flexibility index (Phi) is 7.23. The van der Waals surface area contributed by atoms with Crippen LogP contribution in [0, 0.1) is 23.7 Å². The highest BCUT2D eigenvalue weighted by Crippen LogP contribution is 2.65. The molecule has 3 fully saturated rings. The summed E-state index contributed by atoms with van der Waals surface area (Å²) >= 11 is 13.4. The maximum Gasteiger partial charge on any atom is 0.257 e. The lowest BCUT2D eigenvalue weighted by atomic mass is 9.49. The van der Waals surface area contributed by atoms with Crippen molar-refractivity contribution >= 4 is 72.8 Å². The SMILES string of the molecule is COc1cc(C2C3=CCC4C(=O)N(O)C(=O)C4C3CC3C(=O)N(c4cccc(Cl)c4)C(=O)C32c2ccccc2)c(Br)c(Br)c1O. The van der Waals surface area contributed by atoms with Crippen molar-refractivity contribution in [2.24, 2.45) is 23.7 Å². The van der Waals surface area contributed by atoms with Crippen molar-refractivity contribution in [3.05, 3.63) is 97.4 Å². The van der Waals surface area contributed by atoms with E-state index in [-0.39, 0.29) is 33.9 Å². The molecule has 0 bridgehead atoms. The van der Waals surface area contributed by atoms with Crippen molar-refractivity contribution in [2.75, 3.05) is 12.0 Å². The molecule has 230 valence electrons. The van der Waals surface area contributed by atoms with Gasteiger partial charge >= 0.3 is 0 Å². The number of anilines is 1. The number of imide groups is 2. The predicted octanol–water partition coefficient (Wildman–Crippen LogP) is 6.13. The number of hydroxylamine groups is 2. The fourth-order valence-corrected chi connectivity index (χ4v) is 9.19. The molecule has 12 heteroatoms. The van der Waals surface area contributed by atoms with E-state index >= 15 is 4.79 Å². The van der Waals surface area contributed by atoms with Crippen molar-refractivity contribution in [1.29, 1.82) is 0 Å². The molecular weight excluding hydrogens is 732 g/mol. The molecule has 0 spiro atoms. The number of allylic oxidation sites excluding steroid dienone is 2. The molecule has 2 heterocycles. The van der Waals surface area contributed by atoms with Gasteiger partial charge in [-0.2, -0.15) is 5.06 Å². The summed E-state index contributed by atoms with van der Waals surface area (Å²) in [5.74, 6) is -6.55. The molecule has 7 rings (SSSR count). The van der Waals surface area contributed by atoms with Gasteiger partial charge in [0.1, 0.15) is 0 Å². The molecule has 2 aliphatic heterocycles. The number of carbonyl (C=O) groups is 4. The Bertz CT molecular complexity index is 1850. The fourth-order valence-electron chi connectivity index (χ4n) is 8.05. The number of nitrogens with zero attached hydrogens (tertiary/aromatic N) is 2. The maximum absolute atomic E-state index is 15.2. The third-order valence-corrected chi connectivity index (χ3v) is 12.2. The van der Waals surface area contributed by atoms with E-state index in [1.54, 1.807) is 42.5 Å². The Morgan fingerprint density at radius 1 is 0.933 bits per heavy atom. The van der Waals surface area contributed by atoms with Gasteiger partial charge in [-0.05, 0) is 86.0 Å². The van der Waals surface area contributed by atoms with Crippen LogP contribution in [0.3, 0.4) is 0 Å². The second-order valence-corrected chi connectivity index (χ2v) is 13.7. The minimum absolute atomic E-state index is 0.0842. The zero-order chi connectivity index (χ0) is 31.9. The van der Waals surface area contributed by atoms with Gasteiger partial charge in [0.2, 0.25) is 11.8 Å². The van der Waals surface area contributed by atoms with Gasteiger partial charge in [0.15, 0.2) is 11.5 Å². The number of phenolic OH excluding ortho intramolecular Hbond substituents is 1. The molecule has 0 radical (unpaired) electrons. The second kappa shape index (κ2) is 10.8. The highest BCUT2D eigenvalue weighted by molar-refractivity contribution is 9.13. The fraction of sp³-hybridized carbons (Fsp3) is 0.273. The van der Waals surface area contributed by atoms with Gasteiger partial charge in [0.05, 0.1) is 40.4 Å². The van der Waals surface area contributed by atoms with Crippen molar-refractivity contribution in [1.82, 2.24) is 5.06 Å². The normalized spacial score (nSPS) is 29.0. The molecule has 6 unspecified atom stereocenters. The number of benzene rings is 3. The first kappa shape index (κ1) is 30.2. The first-order chi connectivity index (χ1) is 21.5. The van der Waals surface area contributed by atoms with E-state index in [2.05, 4.69) is 31.9 Å². The van der Waals surface area contributed by atoms with E-state index in [0.717, 1.165) is 0 Å². The lowest BCUT2D eigenvalue weighted by Crippen LogP contribution is -2.53. The number of amides is 4. The minimum atomic E-state index is -1.51. The first-order valence-corrected chi connectivity index (χ1v) is 16.2. The molecule has 6 atom stereocenters. The molecule has 4 aliphatic rings. The summed E-state index contributed by atoms with van der Waals surface area (Å²) in [6.45, 7) is 0. The Balaban J connectivity index is 1.56. The second-order valence-electron chi connectivity index (χ2n) is 11.7. The Hall–Kier alpha value is -3.51. The number of methoxy groups -OCH3 is 1. The van der Waals surface area contributed by atoms with Gasteiger partial charge in [-0.15, -0.1) is 0 Å². The number of aromatic hydroxyl groups is 1. The molecule has 2 saturated heterocycles. The standard InChI is InChI=1S/C33H25Br2ClN2O7/c1-45-23-14-21(26(34)27(35)28(23)39)25-18-10-11-19-24(31(42)38(44)29(19)40)20(18)13-22-30(41)37(17-9-5-8-16(36)12-17)32(43)33(22,25)15-6-3-2-4-7-15/h2-10,12,14,19-20,22,24-25,39,44H,11,13H2,1H3. The quantitative estimate of drug-likeness (QED) is 0.187. The number of ether oxygens (including phenoxy) is 1. The average Bonchev–Trinajstić information content (AvgIpc) is 3.41. The smallest absolute Gasteiger partial charge is 0.257 e. The zero-order valence-corrected chi connectivity index (χ0v) is 27.5. The van der Waals surface area contributed by atoms with Crippen LogP contribution < -0.4 is 9.64 Å². The number of phenols is 1. The van der Waals surface area contributed by atoms with Crippen molar-refractivity contribution in [3.8, 4) is 11.5 Å². The van der Waals surface area contributed by atoms with Gasteiger partial charge in [-0.3, -0.25) is 24.4 Å². The van der Waals surface area contributed by atoms with Gasteiger partial charge < -0.3 is 9.84 Å². The topological polar surface area (TPSA) is 124 Å². The Morgan fingerprint density at radius 2 is 1.67 bits per heavy atom. The summed E-state index contributed by atoms with van der Waals surface area (Å²) in [7, 11) is 1.41. The molecule has 1 saturated carbocycles. The molecule has 9 nitrogen and oxygen atoms in total. The van der Waals surface area contributed by atoms with E-state index < -0.39 is 58.6 Å². The Labute approximate surface area is 279 Å². The molecule has 4 amide bonds. The van der Waals surface area contributed by atoms with E-state index in [0.29, 0.717) is 31.9 Å². The third kappa shape index (κ3) is 4.06. The molecule has 2 N–H and O–H groups in total. The third-order valence-electron chi connectivity index (χ3n) is 9.85. The minimum Gasteiger partial charge on any atom is -0.503 e. The summed E-state index contributed by atoms with van der Waals surface area (Å²) in [5, 5.41) is 21.8. The van der Waals surface area contributed by atoms with Crippen LogP contribution in [0.1, 0.15) is 29.9 Å². The number of fused-ring (bicyclic) bond motifs is 4. The molecule has 45 heavy (non-hydrogen) atoms. The molecule has 2 aliphatic carbocycles. The first-order valence-electron chi connectivity index (χ1n) is 14.2. The van der Waals surface area contributed by atoms with Crippen LogP contribution in [0.25, 0.3) is 0 Å². The van der Waals surface area contributed by atoms with Crippen molar-refractivity contribution in [2.45, 2.75) is 24.2 Å². The van der Waals surface area contributed by atoms with Crippen LogP contribution in [0.15, 0.2) is 81.3 Å². The molecule has 3 aromatic carbocycles. The van der Waals surface area contributed by atoms with Gasteiger partial charge in [0, 0.05) is 15.4 Å². The van der Waals surface area contributed by atoms with Crippen LogP contribution >= 0.6 is 43.5 Å². The molecular formula is C33H25Br2ClN2O7. The lowest BCUT2D eigenvalue weighted by molar-refractivity contribution is -0.173. The highest BCUT2D eigenvalue weighted by atomic mass is 79.9. The van der Waals surface area contributed by atoms with E-state index in [4.69, 9.17) is 16.3 Å². The van der Waals surface area contributed by atoms with Gasteiger partial charge in [0.25, 0.3) is 11.8 Å². The van der Waals surface area contributed by atoms with E-state index in [1.807, 2.05) is 24.3 Å². The van der Waals surface area contributed by atoms with Crippen molar-refractivity contribution < 1.29 is 34.2 Å². The monoisotopic (exact) mass is 754 g/mol. The van der Waals surface area contributed by atoms with Gasteiger partial charge in [-0.1, -0.05) is 59.6 Å². The maximum atomic E-state index is 15.2. The zero-order valence-electron chi connectivity index (χ0n) is 23.6. The summed E-state index contributed by atoms with van der Waals surface area (Å²) in [6, 6.07) is 17.2. The van der Waals surface area contributed by atoms with Gasteiger partial charge in [-0.25, -0.2) is 4.90 Å². The predicted molar refractivity (Wildman–Crippen MR) is 170 cm³/mol. The number of hydrogen-bond donors (Lipinski definition) is 2. The highest BCUT2D eigenvalue weighted by Gasteiger charge is 2.70. The van der Waals surface area contributed by atoms with Crippen molar-refractivity contribution in [3.63, 3.8) is 0 Å². The Morgan fingerprint density at radius 3 is 2.36 bits per heavy atom. The number of rotatable bonds is 4. The largest absolute Gasteiger partial charge is 0.503 e. The number of carbonyl (C=O) groups excluding carboxylic acids is 4. The van der Waals surface area contributed by atoms with Crippen LogP contribution in [0.4, 0.5) is 5.69 Å². The van der Waals surface area contributed by atoms with Crippen LogP contribution in [-0.2, 0) is 24.6 Å². The van der Waals surface area contributed by atoms with Crippen LogP contribution in [-0.4, -0.2) is 46.1 Å².